The van der Waals surface area contributed by atoms with Gasteiger partial charge in [-0.1, -0.05) is 17.7 Å². The third-order valence-corrected chi connectivity index (χ3v) is 3.30. The standard InChI is InChI=1S/C16H15FN2/c1-9-4-5-13(17)12(7-9)16-18-14-8-10(2)6-11(3)15(14)19-16/h4-8H,1-3H3,(H,18,19). The molecule has 0 radical (unpaired) electrons. The van der Waals surface area contributed by atoms with Gasteiger partial charge in [-0.3, -0.25) is 0 Å². The molecule has 0 spiro atoms. The van der Waals surface area contributed by atoms with Crippen molar-refractivity contribution in [2.24, 2.45) is 0 Å². The van der Waals surface area contributed by atoms with Gasteiger partial charge in [0.2, 0.25) is 0 Å². The average Bonchev–Trinajstić information content (AvgIpc) is 2.76. The molecule has 1 aromatic heterocycles. The summed E-state index contributed by atoms with van der Waals surface area (Å²) in [4.78, 5) is 7.74. The smallest absolute Gasteiger partial charge is 0.141 e. The second kappa shape index (κ2) is 4.19. The molecular weight excluding hydrogens is 239 g/mol. The Hall–Kier alpha value is -2.16. The first-order valence-corrected chi connectivity index (χ1v) is 6.28. The molecule has 96 valence electrons. The molecule has 3 aromatic rings. The minimum atomic E-state index is -0.251. The maximum atomic E-state index is 13.9. The normalized spacial score (nSPS) is 11.2. The van der Waals surface area contributed by atoms with Crippen molar-refractivity contribution in [1.29, 1.82) is 0 Å². The van der Waals surface area contributed by atoms with Gasteiger partial charge in [0, 0.05) is 0 Å². The molecule has 0 aliphatic heterocycles. The van der Waals surface area contributed by atoms with E-state index in [0.717, 1.165) is 22.2 Å². The van der Waals surface area contributed by atoms with E-state index in [-0.39, 0.29) is 5.82 Å². The number of H-pyrrole nitrogens is 1. The predicted octanol–water partition coefficient (Wildman–Crippen LogP) is 4.29. The summed E-state index contributed by atoms with van der Waals surface area (Å²) >= 11 is 0. The number of halogens is 1. The van der Waals surface area contributed by atoms with E-state index in [1.807, 2.05) is 32.9 Å². The Bertz CT molecular complexity index is 772. The minimum absolute atomic E-state index is 0.251. The van der Waals surface area contributed by atoms with Crippen LogP contribution in [0.2, 0.25) is 0 Å². The summed E-state index contributed by atoms with van der Waals surface area (Å²) in [5.74, 6) is 0.337. The number of fused-ring (bicyclic) bond motifs is 1. The average molecular weight is 254 g/mol. The van der Waals surface area contributed by atoms with Crippen LogP contribution in [0.1, 0.15) is 16.7 Å². The van der Waals surface area contributed by atoms with E-state index >= 15 is 0 Å². The van der Waals surface area contributed by atoms with Gasteiger partial charge >= 0.3 is 0 Å². The summed E-state index contributed by atoms with van der Waals surface area (Å²) in [6.07, 6.45) is 0. The molecule has 1 heterocycles. The van der Waals surface area contributed by atoms with Crippen molar-refractivity contribution in [3.8, 4) is 11.4 Å². The van der Waals surface area contributed by atoms with Crippen LogP contribution >= 0.6 is 0 Å². The van der Waals surface area contributed by atoms with E-state index in [2.05, 4.69) is 16.0 Å². The van der Waals surface area contributed by atoms with Crippen molar-refractivity contribution < 1.29 is 4.39 Å². The van der Waals surface area contributed by atoms with Crippen molar-refractivity contribution in [3.05, 3.63) is 52.8 Å². The Balaban J connectivity index is 2.26. The number of hydrogen-bond acceptors (Lipinski definition) is 1. The second-order valence-corrected chi connectivity index (χ2v) is 5.05. The molecule has 2 nitrogen and oxygen atoms in total. The molecule has 0 unspecified atom stereocenters. The molecule has 3 rings (SSSR count). The third-order valence-electron chi connectivity index (χ3n) is 3.30. The van der Waals surface area contributed by atoms with Crippen molar-refractivity contribution >= 4 is 11.0 Å². The first-order valence-electron chi connectivity index (χ1n) is 6.28. The highest BCUT2D eigenvalue weighted by Crippen LogP contribution is 2.26. The molecule has 2 aromatic carbocycles. The summed E-state index contributed by atoms with van der Waals surface area (Å²) < 4.78 is 13.9. The van der Waals surface area contributed by atoms with Crippen LogP contribution in [0.5, 0.6) is 0 Å². The summed E-state index contributed by atoms with van der Waals surface area (Å²) in [7, 11) is 0. The Labute approximate surface area is 111 Å². The van der Waals surface area contributed by atoms with E-state index in [9.17, 15) is 4.39 Å². The van der Waals surface area contributed by atoms with Gasteiger partial charge in [-0.05, 0) is 50.1 Å². The van der Waals surface area contributed by atoms with Crippen molar-refractivity contribution in [1.82, 2.24) is 9.97 Å². The molecular formula is C16H15FN2. The number of hydrogen-bond donors (Lipinski definition) is 1. The van der Waals surface area contributed by atoms with Crippen LogP contribution < -0.4 is 0 Å². The molecule has 0 atom stereocenters. The van der Waals surface area contributed by atoms with Crippen LogP contribution in [0, 0.1) is 26.6 Å². The lowest BCUT2D eigenvalue weighted by Gasteiger charge is -2.00. The third kappa shape index (κ3) is 2.01. The molecule has 1 N–H and O–H groups in total. The van der Waals surface area contributed by atoms with E-state index in [1.54, 1.807) is 6.07 Å². The molecule has 0 aliphatic carbocycles. The minimum Gasteiger partial charge on any atom is -0.338 e. The fraction of sp³-hybridized carbons (Fsp3) is 0.188. The quantitative estimate of drug-likeness (QED) is 0.689. The zero-order chi connectivity index (χ0) is 13.6. The predicted molar refractivity (Wildman–Crippen MR) is 75.7 cm³/mol. The number of aryl methyl sites for hydroxylation is 3. The molecule has 0 aliphatic rings. The lowest BCUT2D eigenvalue weighted by Crippen LogP contribution is -1.87. The molecule has 19 heavy (non-hydrogen) atoms. The van der Waals surface area contributed by atoms with Gasteiger partial charge in [-0.25, -0.2) is 9.37 Å². The number of benzene rings is 2. The highest BCUT2D eigenvalue weighted by Gasteiger charge is 2.11. The van der Waals surface area contributed by atoms with Gasteiger partial charge in [-0.2, -0.15) is 0 Å². The maximum Gasteiger partial charge on any atom is 0.141 e. The van der Waals surface area contributed by atoms with Crippen molar-refractivity contribution in [2.75, 3.05) is 0 Å². The molecule has 3 heteroatoms. The van der Waals surface area contributed by atoms with Gasteiger partial charge in [0.1, 0.15) is 11.6 Å². The van der Waals surface area contributed by atoms with E-state index in [4.69, 9.17) is 0 Å². The highest BCUT2D eigenvalue weighted by atomic mass is 19.1. The largest absolute Gasteiger partial charge is 0.338 e. The Morgan fingerprint density at radius 1 is 1.00 bits per heavy atom. The molecule has 0 saturated heterocycles. The fourth-order valence-corrected chi connectivity index (χ4v) is 2.42. The number of imidazole rings is 1. The fourth-order valence-electron chi connectivity index (χ4n) is 2.42. The Morgan fingerprint density at radius 2 is 1.79 bits per heavy atom. The van der Waals surface area contributed by atoms with Crippen LogP contribution in [-0.4, -0.2) is 9.97 Å². The topological polar surface area (TPSA) is 28.7 Å². The van der Waals surface area contributed by atoms with Crippen LogP contribution in [0.15, 0.2) is 30.3 Å². The van der Waals surface area contributed by atoms with E-state index in [0.29, 0.717) is 11.4 Å². The Kier molecular flexibility index (Phi) is 2.63. The van der Waals surface area contributed by atoms with Crippen LogP contribution in [0.25, 0.3) is 22.4 Å². The van der Waals surface area contributed by atoms with Crippen LogP contribution in [-0.2, 0) is 0 Å². The van der Waals surface area contributed by atoms with Crippen LogP contribution in [0.4, 0.5) is 4.39 Å². The summed E-state index contributed by atoms with van der Waals surface area (Å²) in [6.45, 7) is 6.01. The van der Waals surface area contributed by atoms with Crippen LogP contribution in [0.3, 0.4) is 0 Å². The number of nitrogens with one attached hydrogen (secondary N) is 1. The zero-order valence-corrected chi connectivity index (χ0v) is 11.2. The summed E-state index contributed by atoms with van der Waals surface area (Å²) in [5.41, 5.74) is 5.67. The van der Waals surface area contributed by atoms with Gasteiger partial charge in [0.05, 0.1) is 16.6 Å². The highest BCUT2D eigenvalue weighted by molar-refractivity contribution is 5.83. The van der Waals surface area contributed by atoms with Gasteiger partial charge in [0.15, 0.2) is 0 Å². The maximum absolute atomic E-state index is 13.9. The summed E-state index contributed by atoms with van der Waals surface area (Å²) in [6, 6.07) is 9.17. The molecule has 0 amide bonds. The molecule has 0 saturated carbocycles. The lowest BCUT2D eigenvalue weighted by atomic mass is 10.1. The SMILES string of the molecule is Cc1ccc(F)c(-c2nc3c(C)cc(C)cc3[nH]2)c1. The molecule has 0 bridgehead atoms. The lowest BCUT2D eigenvalue weighted by molar-refractivity contribution is 0.630. The van der Waals surface area contributed by atoms with Crippen molar-refractivity contribution in [2.45, 2.75) is 20.8 Å². The zero-order valence-electron chi connectivity index (χ0n) is 11.2. The molecule has 0 fully saturated rings. The van der Waals surface area contributed by atoms with E-state index < -0.39 is 0 Å². The number of rotatable bonds is 1. The van der Waals surface area contributed by atoms with E-state index in [1.165, 1.54) is 11.6 Å². The van der Waals surface area contributed by atoms with Crippen molar-refractivity contribution in [3.63, 3.8) is 0 Å². The van der Waals surface area contributed by atoms with Gasteiger partial charge in [0.25, 0.3) is 0 Å². The number of aromatic amines is 1. The van der Waals surface area contributed by atoms with Gasteiger partial charge in [-0.15, -0.1) is 0 Å². The first kappa shape index (κ1) is 11.9. The van der Waals surface area contributed by atoms with Gasteiger partial charge < -0.3 is 4.98 Å². The number of aromatic nitrogens is 2. The number of nitrogens with zero attached hydrogens (tertiary/aromatic N) is 1. The monoisotopic (exact) mass is 254 g/mol. The second-order valence-electron chi connectivity index (χ2n) is 5.05. The summed E-state index contributed by atoms with van der Waals surface area (Å²) in [5, 5.41) is 0. The first-order chi connectivity index (χ1) is 9.04. The Morgan fingerprint density at radius 3 is 2.58 bits per heavy atom.